The lowest BCUT2D eigenvalue weighted by Crippen LogP contribution is -2.47. The summed E-state index contributed by atoms with van der Waals surface area (Å²) in [6.45, 7) is 12.7. The number of H-pyrrole nitrogens is 1. The molecule has 0 amide bonds. The van der Waals surface area contributed by atoms with Gasteiger partial charge in [-0.3, -0.25) is 0 Å². The molecule has 2 aromatic rings. The van der Waals surface area contributed by atoms with Gasteiger partial charge in [0.1, 0.15) is 11.3 Å². The van der Waals surface area contributed by atoms with Crippen LogP contribution in [0.4, 0.5) is 0 Å². The SMILES string of the molecule is CC(C)(C)[Si](C)(C)O[C@@H]1CO[C@@H]2C(Cc3cc4nc(Cl)ccc4[nH]3)CO[C@@H]21. The summed E-state index contributed by atoms with van der Waals surface area (Å²) in [4.78, 5) is 7.81. The molecule has 0 aromatic carbocycles. The molecule has 2 saturated heterocycles. The Morgan fingerprint density at radius 1 is 1.22 bits per heavy atom. The third kappa shape index (κ3) is 3.70. The van der Waals surface area contributed by atoms with Crippen LogP contribution in [0, 0.1) is 5.92 Å². The zero-order valence-electron chi connectivity index (χ0n) is 16.7. The van der Waals surface area contributed by atoms with Crippen molar-refractivity contribution in [2.45, 2.75) is 63.6 Å². The van der Waals surface area contributed by atoms with Crippen molar-refractivity contribution in [3.05, 3.63) is 29.0 Å². The highest BCUT2D eigenvalue weighted by atomic mass is 35.5. The molecule has 1 N–H and O–H groups in total. The number of pyridine rings is 1. The maximum atomic E-state index is 6.59. The van der Waals surface area contributed by atoms with Crippen molar-refractivity contribution in [3.8, 4) is 0 Å². The van der Waals surface area contributed by atoms with Crippen LogP contribution in [0.2, 0.25) is 23.3 Å². The van der Waals surface area contributed by atoms with Crippen molar-refractivity contribution in [3.63, 3.8) is 0 Å². The number of hydrogen-bond donors (Lipinski definition) is 1. The van der Waals surface area contributed by atoms with Crippen molar-refractivity contribution in [2.24, 2.45) is 5.92 Å². The molecule has 2 aromatic heterocycles. The lowest BCUT2D eigenvalue weighted by molar-refractivity contribution is 0.0230. The molecular weight excluding hydrogens is 380 g/mol. The first-order chi connectivity index (χ1) is 12.6. The van der Waals surface area contributed by atoms with Gasteiger partial charge in [0.2, 0.25) is 0 Å². The molecule has 0 saturated carbocycles. The molecule has 4 heterocycles. The number of aromatic amines is 1. The highest BCUT2D eigenvalue weighted by Crippen LogP contribution is 2.41. The smallest absolute Gasteiger partial charge is 0.192 e. The number of aromatic nitrogens is 2. The van der Waals surface area contributed by atoms with E-state index in [0.29, 0.717) is 24.3 Å². The standard InChI is InChI=1S/C20H29ClN2O3Si/c1-20(2,3)27(4,5)26-16-11-25-18-12(10-24-19(16)18)8-13-9-15-14(22-13)6-7-17(21)23-15/h6-7,9,12,16,18-19,22H,8,10-11H2,1-5H3/t12?,16-,18-,19-/m1/s1. The van der Waals surface area contributed by atoms with E-state index in [1.54, 1.807) is 0 Å². The zero-order chi connectivity index (χ0) is 19.4. The molecule has 0 radical (unpaired) electrons. The summed E-state index contributed by atoms with van der Waals surface area (Å²) in [5.41, 5.74) is 3.06. The summed E-state index contributed by atoms with van der Waals surface area (Å²) >= 11 is 6.00. The molecule has 27 heavy (non-hydrogen) atoms. The number of nitrogens with zero attached hydrogens (tertiary/aromatic N) is 1. The largest absolute Gasteiger partial charge is 0.409 e. The Bertz CT molecular complexity index is 832. The van der Waals surface area contributed by atoms with Gasteiger partial charge in [-0.1, -0.05) is 32.4 Å². The van der Waals surface area contributed by atoms with Gasteiger partial charge in [-0.25, -0.2) is 4.98 Å². The van der Waals surface area contributed by atoms with Crippen LogP contribution in [0.3, 0.4) is 0 Å². The van der Waals surface area contributed by atoms with E-state index in [0.717, 1.165) is 23.1 Å². The molecule has 5 nitrogen and oxygen atoms in total. The van der Waals surface area contributed by atoms with Gasteiger partial charge >= 0.3 is 0 Å². The van der Waals surface area contributed by atoms with E-state index in [-0.39, 0.29) is 23.4 Å². The molecular formula is C20H29ClN2O3Si. The number of hydrogen-bond acceptors (Lipinski definition) is 4. The van der Waals surface area contributed by atoms with Crippen LogP contribution >= 0.6 is 11.6 Å². The molecule has 7 heteroatoms. The van der Waals surface area contributed by atoms with Gasteiger partial charge in [-0.15, -0.1) is 0 Å². The van der Waals surface area contributed by atoms with Gasteiger partial charge in [0.15, 0.2) is 8.32 Å². The molecule has 0 aliphatic carbocycles. The summed E-state index contributed by atoms with van der Waals surface area (Å²) in [5.74, 6) is 0.326. The first-order valence-corrected chi connectivity index (χ1v) is 13.0. The zero-order valence-corrected chi connectivity index (χ0v) is 18.5. The summed E-state index contributed by atoms with van der Waals surface area (Å²) in [5, 5.41) is 0.698. The molecule has 1 unspecified atom stereocenters. The summed E-state index contributed by atoms with van der Waals surface area (Å²) in [6.07, 6.45) is 1.06. The first kappa shape index (κ1) is 19.4. The van der Waals surface area contributed by atoms with E-state index in [1.807, 2.05) is 12.1 Å². The Labute approximate surface area is 166 Å². The van der Waals surface area contributed by atoms with Crippen LogP contribution in [0.15, 0.2) is 18.2 Å². The molecule has 2 aliphatic rings. The van der Waals surface area contributed by atoms with Crippen LogP contribution in [-0.4, -0.2) is 49.8 Å². The minimum Gasteiger partial charge on any atom is -0.409 e. The molecule has 148 valence electrons. The van der Waals surface area contributed by atoms with Gasteiger partial charge < -0.3 is 18.9 Å². The second kappa shape index (κ2) is 6.85. The third-order valence-electron chi connectivity index (χ3n) is 6.34. The Hall–Kier alpha value is -0.923. The van der Waals surface area contributed by atoms with E-state index in [9.17, 15) is 0 Å². The summed E-state index contributed by atoms with van der Waals surface area (Å²) < 4.78 is 18.9. The van der Waals surface area contributed by atoms with Crippen molar-refractivity contribution >= 4 is 31.0 Å². The number of rotatable bonds is 4. The van der Waals surface area contributed by atoms with Crippen LogP contribution < -0.4 is 0 Å². The number of nitrogens with one attached hydrogen (secondary N) is 1. The van der Waals surface area contributed by atoms with Crippen molar-refractivity contribution < 1.29 is 13.9 Å². The molecule has 4 rings (SSSR count). The van der Waals surface area contributed by atoms with E-state index in [2.05, 4.69) is 49.9 Å². The maximum Gasteiger partial charge on any atom is 0.192 e. The molecule has 2 fully saturated rings. The lowest BCUT2D eigenvalue weighted by Gasteiger charge is -2.39. The molecule has 2 aliphatic heterocycles. The van der Waals surface area contributed by atoms with Crippen LogP contribution in [0.1, 0.15) is 26.5 Å². The molecule has 0 spiro atoms. The first-order valence-electron chi connectivity index (χ1n) is 9.69. The predicted molar refractivity (Wildman–Crippen MR) is 110 cm³/mol. The number of fused-ring (bicyclic) bond motifs is 2. The highest BCUT2D eigenvalue weighted by Gasteiger charge is 2.51. The number of halogens is 1. The van der Waals surface area contributed by atoms with Gasteiger partial charge in [0.25, 0.3) is 0 Å². The Kier molecular flexibility index (Phi) is 4.92. The second-order valence-corrected chi connectivity index (χ2v) is 14.5. The van der Waals surface area contributed by atoms with E-state index in [1.165, 1.54) is 0 Å². The molecule has 4 atom stereocenters. The minimum atomic E-state index is -1.84. The van der Waals surface area contributed by atoms with Crippen LogP contribution in [0.5, 0.6) is 0 Å². The monoisotopic (exact) mass is 408 g/mol. The fourth-order valence-corrected chi connectivity index (χ4v) is 5.27. The van der Waals surface area contributed by atoms with Crippen LogP contribution in [0.25, 0.3) is 11.0 Å². The minimum absolute atomic E-state index is 0.0427. The maximum absolute atomic E-state index is 6.59. The topological polar surface area (TPSA) is 56.4 Å². The Morgan fingerprint density at radius 2 is 1.96 bits per heavy atom. The fourth-order valence-electron chi connectivity index (χ4n) is 3.81. The van der Waals surface area contributed by atoms with Crippen molar-refractivity contribution in [2.75, 3.05) is 13.2 Å². The quantitative estimate of drug-likeness (QED) is 0.595. The summed E-state index contributed by atoms with van der Waals surface area (Å²) in [7, 11) is -1.84. The van der Waals surface area contributed by atoms with Gasteiger partial charge in [-0.05, 0) is 42.8 Å². The average molecular weight is 409 g/mol. The van der Waals surface area contributed by atoms with E-state index in [4.69, 9.17) is 25.5 Å². The molecule has 0 bridgehead atoms. The Morgan fingerprint density at radius 3 is 2.70 bits per heavy atom. The van der Waals surface area contributed by atoms with E-state index < -0.39 is 8.32 Å². The second-order valence-electron chi connectivity index (χ2n) is 9.34. The van der Waals surface area contributed by atoms with E-state index >= 15 is 0 Å². The summed E-state index contributed by atoms with van der Waals surface area (Å²) in [6, 6.07) is 5.85. The third-order valence-corrected chi connectivity index (χ3v) is 11.1. The average Bonchev–Trinajstić information content (AvgIpc) is 3.23. The van der Waals surface area contributed by atoms with Gasteiger partial charge in [0.05, 0.1) is 36.5 Å². The fraction of sp³-hybridized carbons (Fsp3) is 0.650. The number of ether oxygens (including phenoxy) is 2. The predicted octanol–water partition coefficient (Wildman–Crippen LogP) is 4.56. The van der Waals surface area contributed by atoms with Crippen LogP contribution in [-0.2, 0) is 20.3 Å². The van der Waals surface area contributed by atoms with Gasteiger partial charge in [-0.2, -0.15) is 0 Å². The van der Waals surface area contributed by atoms with Crippen molar-refractivity contribution in [1.82, 2.24) is 9.97 Å². The Balaban J connectivity index is 1.44. The lowest BCUT2D eigenvalue weighted by atomic mass is 9.96. The van der Waals surface area contributed by atoms with Gasteiger partial charge in [0, 0.05) is 11.6 Å². The normalized spacial score (nSPS) is 28.8. The highest BCUT2D eigenvalue weighted by molar-refractivity contribution is 6.74. The van der Waals surface area contributed by atoms with Crippen molar-refractivity contribution in [1.29, 1.82) is 0 Å².